The van der Waals surface area contributed by atoms with Gasteiger partial charge in [-0.3, -0.25) is 10.9 Å². The Morgan fingerprint density at radius 3 is 2.57 bits per heavy atom. The molecule has 2 atom stereocenters. The van der Waals surface area contributed by atoms with E-state index in [-0.39, 0.29) is 0 Å². The number of anilines is 1. The van der Waals surface area contributed by atoms with Crippen LogP contribution in [0.5, 0.6) is 0 Å². The van der Waals surface area contributed by atoms with E-state index in [0.717, 1.165) is 29.4 Å². The molecule has 3 rings (SSSR count). The van der Waals surface area contributed by atoms with Crippen molar-refractivity contribution in [2.45, 2.75) is 39.3 Å². The second kappa shape index (κ2) is 5.55. The maximum atomic E-state index is 4.73. The third kappa shape index (κ3) is 2.65. The monoisotopic (exact) mass is 308 g/mol. The molecule has 0 aliphatic carbocycles. The first-order valence-corrected chi connectivity index (χ1v) is 8.31. The quantitative estimate of drug-likeness (QED) is 0.900. The van der Waals surface area contributed by atoms with E-state index in [9.17, 15) is 0 Å². The van der Waals surface area contributed by atoms with Crippen LogP contribution in [0.2, 0.25) is 0 Å². The fraction of sp³-hybridized carbons (Fsp3) is 0.714. The lowest BCUT2D eigenvalue weighted by atomic mass is 9.93. The predicted octanol–water partition coefficient (Wildman–Crippen LogP) is 1.67. The van der Waals surface area contributed by atoms with Crippen LogP contribution in [0, 0.1) is 12.8 Å². The molecule has 1 fully saturated rings. The molecule has 2 unspecified atom stereocenters. The zero-order chi connectivity index (χ0) is 15.1. The minimum absolute atomic E-state index is 0.523. The lowest BCUT2D eigenvalue weighted by Crippen LogP contribution is -2.30. The standard InChI is InChI=1S/C14H24N6S/c1-8-11(9(2)17-16-8)6-7-19(4)14-15-13-12(21-14)10(3)18-20(13)5/h8-9,11,16-17H,6-7H2,1-5H3. The summed E-state index contributed by atoms with van der Waals surface area (Å²) in [4.78, 5) is 7.00. The first-order valence-electron chi connectivity index (χ1n) is 7.49. The van der Waals surface area contributed by atoms with E-state index in [2.05, 4.69) is 41.7 Å². The number of aryl methyl sites for hydroxylation is 2. The summed E-state index contributed by atoms with van der Waals surface area (Å²) in [6.45, 7) is 7.56. The Balaban J connectivity index is 1.69. The molecule has 2 N–H and O–H groups in total. The molecule has 0 bridgehead atoms. The molecular weight excluding hydrogens is 284 g/mol. The van der Waals surface area contributed by atoms with E-state index in [1.165, 1.54) is 4.70 Å². The summed E-state index contributed by atoms with van der Waals surface area (Å²) < 4.78 is 3.07. The summed E-state index contributed by atoms with van der Waals surface area (Å²) in [6.07, 6.45) is 1.16. The summed E-state index contributed by atoms with van der Waals surface area (Å²) in [7, 11) is 4.09. The van der Waals surface area contributed by atoms with Gasteiger partial charge >= 0.3 is 0 Å². The van der Waals surface area contributed by atoms with Crippen molar-refractivity contribution < 1.29 is 0 Å². The van der Waals surface area contributed by atoms with Crippen LogP contribution in [-0.2, 0) is 7.05 Å². The third-order valence-corrected chi connectivity index (χ3v) is 5.75. The van der Waals surface area contributed by atoms with Crippen molar-refractivity contribution in [3.8, 4) is 0 Å². The Hall–Kier alpha value is -1.18. The van der Waals surface area contributed by atoms with Crippen LogP contribution in [0.25, 0.3) is 10.3 Å². The summed E-state index contributed by atoms with van der Waals surface area (Å²) >= 11 is 1.74. The molecule has 0 aromatic carbocycles. The van der Waals surface area contributed by atoms with Gasteiger partial charge in [-0.05, 0) is 33.1 Å². The number of aromatic nitrogens is 3. The molecule has 0 spiro atoms. The average Bonchev–Trinajstić information content (AvgIpc) is 3.07. The van der Waals surface area contributed by atoms with Crippen LogP contribution < -0.4 is 15.8 Å². The minimum atomic E-state index is 0.523. The second-order valence-electron chi connectivity index (χ2n) is 6.10. The lowest BCUT2D eigenvalue weighted by molar-refractivity contribution is 0.416. The van der Waals surface area contributed by atoms with Crippen LogP contribution in [0.4, 0.5) is 5.13 Å². The molecule has 116 valence electrons. The van der Waals surface area contributed by atoms with Crippen molar-refractivity contribution in [2.24, 2.45) is 13.0 Å². The highest BCUT2D eigenvalue weighted by Gasteiger charge is 2.29. The predicted molar refractivity (Wildman–Crippen MR) is 87.7 cm³/mol. The number of hydrogen-bond donors (Lipinski definition) is 2. The van der Waals surface area contributed by atoms with Crippen LogP contribution >= 0.6 is 11.3 Å². The summed E-state index contributed by atoms with van der Waals surface area (Å²) in [6, 6.07) is 1.05. The van der Waals surface area contributed by atoms with Crippen LogP contribution in [-0.4, -0.2) is 40.4 Å². The summed E-state index contributed by atoms with van der Waals surface area (Å²) in [5.74, 6) is 0.658. The van der Waals surface area contributed by atoms with Gasteiger partial charge in [-0.1, -0.05) is 11.3 Å². The Labute approximate surface area is 129 Å². The van der Waals surface area contributed by atoms with Crippen molar-refractivity contribution in [1.82, 2.24) is 25.6 Å². The summed E-state index contributed by atoms with van der Waals surface area (Å²) in [5, 5.41) is 5.49. The largest absolute Gasteiger partial charge is 0.351 e. The number of rotatable bonds is 4. The van der Waals surface area contributed by atoms with Crippen LogP contribution in [0.15, 0.2) is 0 Å². The van der Waals surface area contributed by atoms with Gasteiger partial charge in [0.2, 0.25) is 0 Å². The highest BCUT2D eigenvalue weighted by Crippen LogP contribution is 2.30. The van der Waals surface area contributed by atoms with E-state index in [1.807, 2.05) is 18.7 Å². The number of hydrogen-bond acceptors (Lipinski definition) is 6. The number of nitrogens with one attached hydrogen (secondary N) is 2. The molecule has 2 aromatic rings. The Kier molecular flexibility index (Phi) is 3.90. The molecular formula is C14H24N6S. The van der Waals surface area contributed by atoms with Gasteiger partial charge in [0.05, 0.1) is 10.4 Å². The van der Waals surface area contributed by atoms with Crippen LogP contribution in [0.1, 0.15) is 26.0 Å². The zero-order valence-electron chi connectivity index (χ0n) is 13.3. The maximum absolute atomic E-state index is 4.73. The van der Waals surface area contributed by atoms with Crippen molar-refractivity contribution >= 4 is 26.8 Å². The smallest absolute Gasteiger partial charge is 0.187 e. The van der Waals surface area contributed by atoms with Crippen LogP contribution in [0.3, 0.4) is 0 Å². The Morgan fingerprint density at radius 2 is 1.95 bits per heavy atom. The average molecular weight is 308 g/mol. The third-order valence-electron chi connectivity index (χ3n) is 4.48. The fourth-order valence-electron chi connectivity index (χ4n) is 3.09. The van der Waals surface area contributed by atoms with Gasteiger partial charge in [-0.15, -0.1) is 0 Å². The molecule has 0 radical (unpaired) electrons. The first kappa shape index (κ1) is 14.7. The molecule has 7 heteroatoms. The van der Waals surface area contributed by atoms with E-state index >= 15 is 0 Å². The lowest BCUT2D eigenvalue weighted by Gasteiger charge is -2.22. The summed E-state index contributed by atoms with van der Waals surface area (Å²) in [5.41, 5.74) is 8.70. The van der Waals surface area contributed by atoms with E-state index in [0.29, 0.717) is 18.0 Å². The van der Waals surface area contributed by atoms with E-state index in [1.54, 1.807) is 11.3 Å². The highest BCUT2D eigenvalue weighted by atomic mass is 32.1. The molecule has 0 saturated carbocycles. The first-order chi connectivity index (χ1) is 9.97. The van der Waals surface area contributed by atoms with Crippen molar-refractivity contribution in [3.05, 3.63) is 5.69 Å². The number of hydrazine groups is 1. The molecule has 2 aromatic heterocycles. The molecule has 1 aliphatic heterocycles. The number of fused-ring (bicyclic) bond motifs is 1. The molecule has 3 heterocycles. The Morgan fingerprint density at radius 1 is 1.29 bits per heavy atom. The molecule has 1 aliphatic rings. The van der Waals surface area contributed by atoms with Gasteiger partial charge in [0.1, 0.15) is 0 Å². The van der Waals surface area contributed by atoms with E-state index in [4.69, 9.17) is 4.98 Å². The van der Waals surface area contributed by atoms with Gasteiger partial charge in [-0.25, -0.2) is 9.67 Å². The number of nitrogens with zero attached hydrogens (tertiary/aromatic N) is 4. The topological polar surface area (TPSA) is 58.0 Å². The van der Waals surface area contributed by atoms with Crippen molar-refractivity contribution in [2.75, 3.05) is 18.5 Å². The van der Waals surface area contributed by atoms with E-state index < -0.39 is 0 Å². The van der Waals surface area contributed by atoms with Gasteiger partial charge < -0.3 is 4.90 Å². The fourth-order valence-corrected chi connectivity index (χ4v) is 4.10. The number of thiazole rings is 1. The van der Waals surface area contributed by atoms with Gasteiger partial charge in [-0.2, -0.15) is 5.10 Å². The SMILES string of the molecule is Cc1nn(C)c2nc(N(C)CCC3C(C)NNC3C)sc12. The normalized spacial score (nSPS) is 25.9. The second-order valence-corrected chi connectivity index (χ2v) is 7.08. The highest BCUT2D eigenvalue weighted by molar-refractivity contribution is 7.22. The van der Waals surface area contributed by atoms with Crippen molar-refractivity contribution in [3.63, 3.8) is 0 Å². The Bertz CT molecular complexity index is 588. The van der Waals surface area contributed by atoms with Crippen molar-refractivity contribution in [1.29, 1.82) is 0 Å². The van der Waals surface area contributed by atoms with Gasteiger partial charge in [0.15, 0.2) is 10.8 Å². The minimum Gasteiger partial charge on any atom is -0.351 e. The molecule has 6 nitrogen and oxygen atoms in total. The molecule has 1 saturated heterocycles. The van der Waals surface area contributed by atoms with Gasteiger partial charge in [0.25, 0.3) is 0 Å². The maximum Gasteiger partial charge on any atom is 0.187 e. The molecule has 21 heavy (non-hydrogen) atoms. The zero-order valence-corrected chi connectivity index (χ0v) is 14.2. The van der Waals surface area contributed by atoms with Gasteiger partial charge in [0, 0.05) is 32.7 Å². The molecule has 0 amide bonds.